The summed E-state index contributed by atoms with van der Waals surface area (Å²) in [5.41, 5.74) is -0.149. The number of benzene rings is 1. The maximum atomic E-state index is 13.0. The first-order chi connectivity index (χ1) is 14.7. The van der Waals surface area contributed by atoms with Gasteiger partial charge in [-0.25, -0.2) is 22.7 Å². The van der Waals surface area contributed by atoms with E-state index >= 15 is 0 Å². The van der Waals surface area contributed by atoms with Crippen LogP contribution in [0.5, 0.6) is 5.75 Å². The number of phenols is 1. The van der Waals surface area contributed by atoms with Gasteiger partial charge < -0.3 is 10.0 Å². The molecule has 164 valence electrons. The molecule has 0 saturated carbocycles. The van der Waals surface area contributed by atoms with Gasteiger partial charge in [-0.15, -0.1) is 5.10 Å². The van der Waals surface area contributed by atoms with Crippen LogP contribution in [0.1, 0.15) is 11.1 Å². The summed E-state index contributed by atoms with van der Waals surface area (Å²) in [5, 5.41) is 14.7. The smallest absolute Gasteiger partial charge is 0.416 e. The number of aryl methyl sites for hydroxylation is 1. The van der Waals surface area contributed by atoms with E-state index in [2.05, 4.69) is 19.8 Å². The number of hydrogen-bond donors (Lipinski definition) is 2. The summed E-state index contributed by atoms with van der Waals surface area (Å²) >= 11 is -1.16. The molecule has 2 atom stereocenters. The summed E-state index contributed by atoms with van der Waals surface area (Å²) in [7, 11) is 0. The maximum Gasteiger partial charge on any atom is 0.416 e. The highest BCUT2D eigenvalue weighted by molar-refractivity contribution is 7.80. The molecule has 3 aromatic rings. The number of nitrogens with zero attached hydrogens (tertiary/aromatic N) is 6. The average molecular weight is 453 g/mol. The number of aromatic hydroxyl groups is 1. The van der Waals surface area contributed by atoms with Crippen molar-refractivity contribution < 1.29 is 22.5 Å². The standard InChI is InChI=1S/C18H18F3N7O2S/c1-10-6-11(18(19,20)21)7-14(29)15(10)13-2-3-27-16(23-13)24-17(25-27)26-4-5-28-12(9-26)8-22-31(28)30/h2-3,6-7,12,22,29H,4-5,8-9H2,1H3. The monoisotopic (exact) mass is 453 g/mol. The van der Waals surface area contributed by atoms with Crippen LogP contribution in [0.25, 0.3) is 17.0 Å². The summed E-state index contributed by atoms with van der Waals surface area (Å²) in [6, 6.07) is 3.34. The highest BCUT2D eigenvalue weighted by Crippen LogP contribution is 2.38. The van der Waals surface area contributed by atoms with Gasteiger partial charge in [0.1, 0.15) is 5.75 Å². The number of anilines is 1. The van der Waals surface area contributed by atoms with Crippen molar-refractivity contribution in [2.45, 2.75) is 19.1 Å². The Balaban J connectivity index is 1.46. The molecule has 0 spiro atoms. The van der Waals surface area contributed by atoms with Gasteiger partial charge in [0, 0.05) is 37.9 Å². The first-order valence-corrected chi connectivity index (χ1v) is 10.6. The molecule has 13 heteroatoms. The molecule has 2 N–H and O–H groups in total. The maximum absolute atomic E-state index is 13.0. The molecule has 4 heterocycles. The molecule has 2 aromatic heterocycles. The van der Waals surface area contributed by atoms with E-state index in [1.165, 1.54) is 11.4 Å². The first kappa shape index (κ1) is 20.2. The van der Waals surface area contributed by atoms with E-state index in [-0.39, 0.29) is 22.9 Å². The van der Waals surface area contributed by atoms with E-state index in [1.807, 2.05) is 9.21 Å². The molecule has 0 bridgehead atoms. The first-order valence-electron chi connectivity index (χ1n) is 9.52. The topological polar surface area (TPSA) is 98.9 Å². The van der Waals surface area contributed by atoms with Gasteiger partial charge in [-0.2, -0.15) is 18.2 Å². The summed E-state index contributed by atoms with van der Waals surface area (Å²) < 4.78 is 57.2. The summed E-state index contributed by atoms with van der Waals surface area (Å²) in [6.07, 6.45) is -2.95. The summed E-state index contributed by atoms with van der Waals surface area (Å²) in [4.78, 5) is 10.9. The Kier molecular flexibility index (Phi) is 4.64. The number of aromatic nitrogens is 4. The molecule has 2 saturated heterocycles. The third-order valence-electron chi connectivity index (χ3n) is 5.46. The zero-order valence-electron chi connectivity index (χ0n) is 16.3. The quantitative estimate of drug-likeness (QED) is 0.610. The lowest BCUT2D eigenvalue weighted by atomic mass is 10.0. The predicted octanol–water partition coefficient (Wildman–Crippen LogP) is 1.50. The molecule has 9 nitrogen and oxygen atoms in total. The van der Waals surface area contributed by atoms with Gasteiger partial charge in [-0.1, -0.05) is 0 Å². The van der Waals surface area contributed by atoms with Crippen molar-refractivity contribution >= 4 is 22.9 Å². The van der Waals surface area contributed by atoms with Crippen molar-refractivity contribution in [3.63, 3.8) is 0 Å². The normalized spacial score (nSPS) is 22.3. The lowest BCUT2D eigenvalue weighted by molar-refractivity contribution is -0.137. The Bertz CT molecular complexity index is 1180. The Labute approximate surface area is 177 Å². The molecular weight excluding hydrogens is 435 g/mol. The van der Waals surface area contributed by atoms with Crippen molar-refractivity contribution in [3.05, 3.63) is 35.5 Å². The minimum absolute atomic E-state index is 0.0939. The molecule has 2 fully saturated rings. The minimum atomic E-state index is -4.55. The van der Waals surface area contributed by atoms with Crippen LogP contribution in [0.15, 0.2) is 24.4 Å². The second kappa shape index (κ2) is 7.14. The van der Waals surface area contributed by atoms with Crippen molar-refractivity contribution in [2.24, 2.45) is 0 Å². The van der Waals surface area contributed by atoms with Crippen molar-refractivity contribution in [3.8, 4) is 17.0 Å². The Morgan fingerprint density at radius 1 is 1.26 bits per heavy atom. The highest BCUT2D eigenvalue weighted by Gasteiger charge is 2.37. The fraction of sp³-hybridized carbons (Fsp3) is 0.389. The van der Waals surface area contributed by atoms with Gasteiger partial charge in [-0.3, -0.25) is 0 Å². The van der Waals surface area contributed by atoms with E-state index in [1.54, 1.807) is 12.3 Å². The SMILES string of the molecule is Cc1cc(C(F)(F)F)cc(O)c1-c1ccn2nc(N3CCN4C(CNS4=O)C3)nc2n1. The van der Waals surface area contributed by atoms with Crippen LogP contribution in [0.2, 0.25) is 0 Å². The van der Waals surface area contributed by atoms with Gasteiger partial charge in [0.2, 0.25) is 5.95 Å². The molecule has 2 unspecified atom stereocenters. The van der Waals surface area contributed by atoms with E-state index in [9.17, 15) is 22.5 Å². The van der Waals surface area contributed by atoms with Gasteiger partial charge in [0.05, 0.1) is 17.3 Å². The number of piperazine rings is 1. The van der Waals surface area contributed by atoms with Gasteiger partial charge in [0.25, 0.3) is 5.78 Å². The van der Waals surface area contributed by atoms with E-state index in [0.717, 1.165) is 6.07 Å². The van der Waals surface area contributed by atoms with Crippen molar-refractivity contribution in [1.29, 1.82) is 0 Å². The zero-order valence-corrected chi connectivity index (χ0v) is 17.1. The molecule has 2 aliphatic heterocycles. The molecule has 0 aliphatic carbocycles. The average Bonchev–Trinajstić information content (AvgIpc) is 3.30. The number of nitrogens with one attached hydrogen (secondary N) is 1. The van der Waals surface area contributed by atoms with Crippen LogP contribution in [0, 0.1) is 6.92 Å². The number of rotatable bonds is 2. The second-order valence-electron chi connectivity index (χ2n) is 7.49. The number of fused-ring (bicyclic) bond motifs is 2. The molecule has 0 amide bonds. The second-order valence-corrected chi connectivity index (χ2v) is 8.75. The van der Waals surface area contributed by atoms with Crippen molar-refractivity contribution in [2.75, 3.05) is 31.1 Å². The molecular formula is C18H18F3N7O2S. The molecule has 31 heavy (non-hydrogen) atoms. The number of halogens is 3. The minimum Gasteiger partial charge on any atom is -0.507 e. The number of hydrogen-bond acceptors (Lipinski definition) is 6. The lowest BCUT2D eigenvalue weighted by Gasteiger charge is -2.34. The van der Waals surface area contributed by atoms with E-state index < -0.39 is 28.7 Å². The lowest BCUT2D eigenvalue weighted by Crippen LogP contribution is -2.51. The van der Waals surface area contributed by atoms with Gasteiger partial charge in [-0.05, 0) is 30.7 Å². The molecule has 0 radical (unpaired) electrons. The highest BCUT2D eigenvalue weighted by atomic mass is 32.2. The summed E-state index contributed by atoms with van der Waals surface area (Å²) in [6.45, 7) is 3.93. The largest absolute Gasteiger partial charge is 0.507 e. The number of alkyl halides is 3. The van der Waals surface area contributed by atoms with E-state index in [4.69, 9.17) is 0 Å². The predicted molar refractivity (Wildman–Crippen MR) is 106 cm³/mol. The van der Waals surface area contributed by atoms with Crippen LogP contribution in [-0.4, -0.2) is 65.4 Å². The molecule has 2 aliphatic rings. The van der Waals surface area contributed by atoms with Crippen LogP contribution >= 0.6 is 0 Å². The molecule has 1 aromatic carbocycles. The van der Waals surface area contributed by atoms with Gasteiger partial charge in [0.15, 0.2) is 11.2 Å². The Morgan fingerprint density at radius 2 is 2.06 bits per heavy atom. The fourth-order valence-electron chi connectivity index (χ4n) is 3.96. The van der Waals surface area contributed by atoms with Crippen LogP contribution in [-0.2, 0) is 17.3 Å². The van der Waals surface area contributed by atoms with Crippen LogP contribution < -0.4 is 9.62 Å². The Hall–Kier alpha value is -2.77. The molecule has 5 rings (SSSR count). The fourth-order valence-corrected chi connectivity index (χ4v) is 5.12. The summed E-state index contributed by atoms with van der Waals surface area (Å²) in [5.74, 6) is 0.235. The third-order valence-corrected chi connectivity index (χ3v) is 6.78. The zero-order chi connectivity index (χ0) is 21.9. The third kappa shape index (κ3) is 3.51. The number of phenolic OH excluding ortho intramolecular Hbond substituents is 1. The van der Waals surface area contributed by atoms with E-state index in [0.29, 0.717) is 43.9 Å². The Morgan fingerprint density at radius 3 is 2.81 bits per heavy atom. The van der Waals surface area contributed by atoms with Gasteiger partial charge >= 0.3 is 6.18 Å². The van der Waals surface area contributed by atoms with Crippen LogP contribution in [0.4, 0.5) is 19.1 Å². The van der Waals surface area contributed by atoms with Crippen molar-refractivity contribution in [1.82, 2.24) is 28.6 Å². The van der Waals surface area contributed by atoms with Crippen LogP contribution in [0.3, 0.4) is 0 Å².